The van der Waals surface area contributed by atoms with Crippen molar-refractivity contribution in [3.05, 3.63) is 12.4 Å². The van der Waals surface area contributed by atoms with Crippen molar-refractivity contribution in [2.75, 3.05) is 12.8 Å². The van der Waals surface area contributed by atoms with Crippen LogP contribution in [-0.4, -0.2) is 39.0 Å². The normalized spacial score (nSPS) is 14.5. The maximum absolute atomic E-state index is 11.0. The predicted octanol–water partition coefficient (Wildman–Crippen LogP) is 1.36. The van der Waals surface area contributed by atoms with E-state index in [1.165, 1.54) is 0 Å². The number of hydrogen-bond donors (Lipinski definition) is 2. The number of thioether (sulfide) groups is 1. The van der Waals surface area contributed by atoms with Gasteiger partial charge < -0.3 is 15.0 Å². The Morgan fingerprint density at radius 2 is 2.41 bits per heavy atom. The van der Waals surface area contributed by atoms with E-state index in [0.29, 0.717) is 6.42 Å². The van der Waals surface area contributed by atoms with Crippen LogP contribution in [0.2, 0.25) is 0 Å². The predicted molar refractivity (Wildman–Crippen MR) is 68.3 cm³/mol. The number of likely N-dealkylation sites (N-methyl/N-ethyl adjacent to an activating group) is 1. The highest BCUT2D eigenvalue weighted by Crippen LogP contribution is 2.19. The van der Waals surface area contributed by atoms with Gasteiger partial charge in [-0.15, -0.1) is 0 Å². The van der Waals surface area contributed by atoms with Crippen LogP contribution < -0.4 is 5.32 Å². The fourth-order valence-electron chi connectivity index (χ4n) is 1.42. The van der Waals surface area contributed by atoms with Crippen molar-refractivity contribution in [3.63, 3.8) is 0 Å². The lowest BCUT2D eigenvalue weighted by atomic mass is 9.97. The van der Waals surface area contributed by atoms with E-state index in [1.807, 2.05) is 17.8 Å². The van der Waals surface area contributed by atoms with Gasteiger partial charge in [0.1, 0.15) is 5.54 Å². The van der Waals surface area contributed by atoms with Gasteiger partial charge >= 0.3 is 5.97 Å². The number of imidazole rings is 1. The van der Waals surface area contributed by atoms with E-state index >= 15 is 0 Å². The second-order valence-electron chi connectivity index (χ2n) is 4.16. The van der Waals surface area contributed by atoms with E-state index in [2.05, 4.69) is 10.3 Å². The van der Waals surface area contributed by atoms with Gasteiger partial charge in [-0.2, -0.15) is 0 Å². The highest BCUT2D eigenvalue weighted by Gasteiger charge is 2.30. The molecule has 0 amide bonds. The molecular weight excluding hydrogens is 238 g/mol. The minimum atomic E-state index is -0.831. The number of carboxylic acids is 1. The zero-order valence-electron chi connectivity index (χ0n) is 10.4. The number of aromatic nitrogens is 2. The van der Waals surface area contributed by atoms with Crippen molar-refractivity contribution in [3.8, 4) is 0 Å². The Bertz CT molecular complexity index is 381. The maximum Gasteiger partial charge on any atom is 0.323 e. The number of nitrogens with zero attached hydrogens (tertiary/aromatic N) is 2. The molecule has 1 heterocycles. The van der Waals surface area contributed by atoms with E-state index in [9.17, 15) is 4.79 Å². The van der Waals surface area contributed by atoms with E-state index in [-0.39, 0.29) is 0 Å². The SMILES string of the molecule is CNC(C)(CCCSc1nccn1C)C(=O)O. The highest BCUT2D eigenvalue weighted by molar-refractivity contribution is 7.99. The minimum Gasteiger partial charge on any atom is -0.480 e. The van der Waals surface area contributed by atoms with E-state index in [0.717, 1.165) is 17.3 Å². The summed E-state index contributed by atoms with van der Waals surface area (Å²) in [6.07, 6.45) is 5.10. The monoisotopic (exact) mass is 257 g/mol. The van der Waals surface area contributed by atoms with Crippen molar-refractivity contribution in [2.45, 2.75) is 30.5 Å². The van der Waals surface area contributed by atoms with Gasteiger partial charge in [0.15, 0.2) is 5.16 Å². The molecule has 0 aliphatic carbocycles. The third kappa shape index (κ3) is 3.74. The molecule has 17 heavy (non-hydrogen) atoms. The lowest BCUT2D eigenvalue weighted by Gasteiger charge is -2.23. The molecule has 5 nitrogen and oxygen atoms in total. The first-order valence-electron chi connectivity index (χ1n) is 5.52. The second kappa shape index (κ2) is 6.07. The Morgan fingerprint density at radius 3 is 2.88 bits per heavy atom. The van der Waals surface area contributed by atoms with Crippen molar-refractivity contribution in [1.29, 1.82) is 0 Å². The van der Waals surface area contributed by atoms with Crippen LogP contribution in [0.3, 0.4) is 0 Å². The minimum absolute atomic E-state index is 0.607. The van der Waals surface area contributed by atoms with Crippen molar-refractivity contribution in [1.82, 2.24) is 14.9 Å². The summed E-state index contributed by atoms with van der Waals surface area (Å²) >= 11 is 1.65. The number of aliphatic carboxylic acids is 1. The Kier molecular flexibility index (Phi) is 5.02. The molecule has 1 unspecified atom stereocenters. The summed E-state index contributed by atoms with van der Waals surface area (Å²) in [5.41, 5.74) is -0.831. The Labute approximate surface area is 106 Å². The van der Waals surface area contributed by atoms with Crippen LogP contribution in [0.15, 0.2) is 17.6 Å². The number of carboxylic acid groups (broad SMARTS) is 1. The average molecular weight is 257 g/mol. The number of hydrogen-bond acceptors (Lipinski definition) is 4. The largest absolute Gasteiger partial charge is 0.480 e. The molecule has 1 rings (SSSR count). The summed E-state index contributed by atoms with van der Waals surface area (Å²) in [7, 11) is 3.63. The van der Waals surface area contributed by atoms with Crippen LogP contribution in [0.25, 0.3) is 0 Å². The van der Waals surface area contributed by atoms with Crippen LogP contribution in [0, 0.1) is 0 Å². The summed E-state index contributed by atoms with van der Waals surface area (Å²) in [6, 6.07) is 0. The first-order chi connectivity index (χ1) is 7.99. The Hall–Kier alpha value is -1.01. The average Bonchev–Trinajstić information content (AvgIpc) is 2.70. The molecule has 0 saturated carbocycles. The number of nitrogens with one attached hydrogen (secondary N) is 1. The molecule has 1 atom stereocenters. The van der Waals surface area contributed by atoms with E-state index in [1.54, 1.807) is 31.9 Å². The molecule has 0 radical (unpaired) electrons. The van der Waals surface area contributed by atoms with Gasteiger partial charge in [0.25, 0.3) is 0 Å². The topological polar surface area (TPSA) is 67.2 Å². The summed E-state index contributed by atoms with van der Waals surface area (Å²) in [4.78, 5) is 15.2. The first-order valence-corrected chi connectivity index (χ1v) is 6.50. The van der Waals surface area contributed by atoms with Crippen molar-refractivity contribution >= 4 is 17.7 Å². The number of carbonyl (C=O) groups is 1. The van der Waals surface area contributed by atoms with Gasteiger partial charge in [0, 0.05) is 25.2 Å². The molecule has 0 spiro atoms. The van der Waals surface area contributed by atoms with E-state index < -0.39 is 11.5 Å². The van der Waals surface area contributed by atoms with Crippen molar-refractivity contribution in [2.24, 2.45) is 7.05 Å². The molecule has 0 aliphatic rings. The van der Waals surface area contributed by atoms with Crippen LogP contribution in [-0.2, 0) is 11.8 Å². The molecule has 0 fully saturated rings. The van der Waals surface area contributed by atoms with Gasteiger partial charge in [-0.25, -0.2) is 4.98 Å². The summed E-state index contributed by atoms with van der Waals surface area (Å²) in [5, 5.41) is 12.9. The van der Waals surface area contributed by atoms with Gasteiger partial charge in [-0.1, -0.05) is 11.8 Å². The lowest BCUT2D eigenvalue weighted by Crippen LogP contribution is -2.47. The van der Waals surface area contributed by atoms with Gasteiger partial charge in [-0.3, -0.25) is 4.79 Å². The van der Waals surface area contributed by atoms with Crippen molar-refractivity contribution < 1.29 is 9.90 Å². The Balaban J connectivity index is 2.33. The molecule has 1 aromatic heterocycles. The summed E-state index contributed by atoms with van der Waals surface area (Å²) < 4.78 is 1.96. The van der Waals surface area contributed by atoms with Gasteiger partial charge in [0.05, 0.1) is 0 Å². The lowest BCUT2D eigenvalue weighted by molar-refractivity contribution is -0.144. The second-order valence-corrected chi connectivity index (χ2v) is 5.22. The third-order valence-corrected chi connectivity index (χ3v) is 4.00. The summed E-state index contributed by atoms with van der Waals surface area (Å²) in [5.74, 6) is 0.0667. The quantitative estimate of drug-likeness (QED) is 0.570. The van der Waals surface area contributed by atoms with Crippen LogP contribution >= 0.6 is 11.8 Å². The standard InChI is InChI=1S/C11H19N3O2S/c1-11(12-2,9(15)16)5-4-8-17-10-13-6-7-14(10)3/h6-7,12H,4-5,8H2,1-3H3,(H,15,16). The van der Waals surface area contributed by atoms with Crippen LogP contribution in [0.1, 0.15) is 19.8 Å². The molecule has 6 heteroatoms. The molecule has 0 aliphatic heterocycles. The highest BCUT2D eigenvalue weighted by atomic mass is 32.2. The van der Waals surface area contributed by atoms with Gasteiger partial charge in [-0.05, 0) is 26.8 Å². The molecule has 96 valence electrons. The fourth-order valence-corrected chi connectivity index (χ4v) is 2.29. The first kappa shape index (κ1) is 14.1. The molecule has 1 aromatic rings. The molecular formula is C11H19N3O2S. The van der Waals surface area contributed by atoms with E-state index in [4.69, 9.17) is 5.11 Å². The Morgan fingerprint density at radius 1 is 1.71 bits per heavy atom. The number of rotatable bonds is 7. The third-order valence-electron chi connectivity index (χ3n) is 2.85. The summed E-state index contributed by atoms with van der Waals surface area (Å²) in [6.45, 7) is 1.71. The van der Waals surface area contributed by atoms with Crippen LogP contribution in [0.5, 0.6) is 0 Å². The molecule has 0 bridgehead atoms. The zero-order chi connectivity index (χ0) is 12.9. The molecule has 0 saturated heterocycles. The zero-order valence-corrected chi connectivity index (χ0v) is 11.3. The molecule has 2 N–H and O–H groups in total. The van der Waals surface area contributed by atoms with Gasteiger partial charge in [0.2, 0.25) is 0 Å². The smallest absolute Gasteiger partial charge is 0.323 e. The maximum atomic E-state index is 11.0. The molecule has 0 aromatic carbocycles. The number of aryl methyl sites for hydroxylation is 1. The fraction of sp³-hybridized carbons (Fsp3) is 0.636. The van der Waals surface area contributed by atoms with Crippen LogP contribution in [0.4, 0.5) is 0 Å².